The number of anilines is 1. The summed E-state index contributed by atoms with van der Waals surface area (Å²) in [5.41, 5.74) is 0. The quantitative estimate of drug-likeness (QED) is 0.831. The Balaban J connectivity index is 2.99. The Morgan fingerprint density at radius 3 is 2.64 bits per heavy atom. The van der Waals surface area contributed by atoms with Crippen molar-refractivity contribution < 1.29 is 8.42 Å². The second kappa shape index (κ2) is 4.73. The largest absolute Gasteiger partial charge is 0.264 e. The molecule has 1 heterocycles. The monoisotopic (exact) mass is 363 g/mol. The van der Waals surface area contributed by atoms with Gasteiger partial charge in [-0.3, -0.25) is 4.72 Å². The maximum Gasteiger partial charge on any atom is 0.248 e. The van der Waals surface area contributed by atoms with Crippen molar-refractivity contribution in [1.29, 1.82) is 0 Å². The number of alkyl halides is 1. The zero-order chi connectivity index (χ0) is 10.8. The number of aromatic nitrogens is 2. The summed E-state index contributed by atoms with van der Waals surface area (Å²) in [4.78, 5) is 7.70. The van der Waals surface area contributed by atoms with Gasteiger partial charge in [-0.15, -0.1) is 11.6 Å². The van der Waals surface area contributed by atoms with Gasteiger partial charge in [0.15, 0.2) is 10.4 Å². The number of nitrogens with zero attached hydrogens (tertiary/aromatic N) is 2. The highest BCUT2D eigenvalue weighted by atomic mass is 79.9. The fourth-order valence-corrected chi connectivity index (χ4v) is 2.29. The summed E-state index contributed by atoms with van der Waals surface area (Å²) in [5.74, 6) is 0.105. The van der Waals surface area contributed by atoms with Gasteiger partial charge in [0, 0.05) is 0 Å². The third-order valence-corrected chi connectivity index (χ3v) is 3.68. The third kappa shape index (κ3) is 3.34. The molecule has 0 aliphatic carbocycles. The van der Waals surface area contributed by atoms with Gasteiger partial charge in [-0.25, -0.2) is 18.4 Å². The van der Waals surface area contributed by atoms with E-state index in [1.807, 2.05) is 0 Å². The van der Waals surface area contributed by atoms with Crippen LogP contribution in [0.5, 0.6) is 0 Å². The summed E-state index contributed by atoms with van der Waals surface area (Å²) in [6, 6.07) is 0. The number of sulfonamides is 1. The Bertz CT molecular complexity index is 439. The molecule has 0 unspecified atom stereocenters. The van der Waals surface area contributed by atoms with Crippen LogP contribution in [0.3, 0.4) is 0 Å². The lowest BCUT2D eigenvalue weighted by atomic mass is 10.7. The molecule has 0 fully saturated rings. The van der Waals surface area contributed by atoms with Crippen LogP contribution in [-0.2, 0) is 10.0 Å². The van der Waals surface area contributed by atoms with Crippen molar-refractivity contribution in [3.8, 4) is 0 Å². The van der Waals surface area contributed by atoms with Crippen molar-refractivity contribution in [3.63, 3.8) is 0 Å². The predicted molar refractivity (Wildman–Crippen MR) is 60.7 cm³/mol. The molecule has 1 aromatic rings. The first-order valence-electron chi connectivity index (χ1n) is 3.19. The van der Waals surface area contributed by atoms with E-state index in [4.69, 9.17) is 11.6 Å². The highest BCUT2D eigenvalue weighted by Crippen LogP contribution is 2.20. The molecule has 0 aromatic carbocycles. The third-order valence-electron chi connectivity index (χ3n) is 1.10. The van der Waals surface area contributed by atoms with Crippen LogP contribution >= 0.6 is 43.5 Å². The van der Waals surface area contributed by atoms with Gasteiger partial charge in [0.1, 0.15) is 9.82 Å². The van der Waals surface area contributed by atoms with Gasteiger partial charge < -0.3 is 0 Å². The second-order valence-corrected chi connectivity index (χ2v) is 6.03. The minimum Gasteiger partial charge on any atom is -0.264 e. The molecule has 0 saturated heterocycles. The van der Waals surface area contributed by atoms with Crippen LogP contribution in [0.1, 0.15) is 0 Å². The van der Waals surface area contributed by atoms with Gasteiger partial charge >= 0.3 is 0 Å². The van der Waals surface area contributed by atoms with Crippen LogP contribution in [0.15, 0.2) is 15.4 Å². The molecule has 9 heteroatoms. The molecule has 0 spiro atoms. The molecule has 0 bridgehead atoms. The molecule has 0 aliphatic rings. The fraction of sp³-hybridized carbons (Fsp3) is 0.200. The van der Waals surface area contributed by atoms with Crippen LogP contribution in [0, 0.1) is 0 Å². The molecule has 1 N–H and O–H groups in total. The molecule has 0 radical (unpaired) electrons. The number of hydrogen-bond acceptors (Lipinski definition) is 4. The smallest absolute Gasteiger partial charge is 0.248 e. The number of nitrogens with one attached hydrogen (secondary N) is 1. The summed E-state index contributed by atoms with van der Waals surface area (Å²) < 4.78 is 25.1. The molecule has 14 heavy (non-hydrogen) atoms. The standard InChI is InChI=1S/C5H4Br2ClN3O2S/c6-3-1-9-5(4(7)10-3)11-14(12,13)2-8/h1H,2H2,(H,9,11). The summed E-state index contributed by atoms with van der Waals surface area (Å²) in [5, 5.41) is -0.531. The molecule has 0 aliphatic heterocycles. The molecular weight excluding hydrogens is 361 g/mol. The van der Waals surface area contributed by atoms with E-state index in [0.29, 0.717) is 9.21 Å². The van der Waals surface area contributed by atoms with Gasteiger partial charge in [0.2, 0.25) is 10.0 Å². The topological polar surface area (TPSA) is 72.0 Å². The predicted octanol–water partition coefficient (Wildman–Crippen LogP) is 1.94. The van der Waals surface area contributed by atoms with E-state index in [-0.39, 0.29) is 5.82 Å². The van der Waals surface area contributed by atoms with E-state index in [0.717, 1.165) is 0 Å². The van der Waals surface area contributed by atoms with Gasteiger partial charge in [0.25, 0.3) is 0 Å². The zero-order valence-corrected chi connectivity index (χ0v) is 11.3. The molecule has 1 aromatic heterocycles. The Kier molecular flexibility index (Phi) is 4.11. The SMILES string of the molecule is O=S(=O)(CCl)Nc1ncc(Br)nc1Br. The number of rotatable bonds is 3. The van der Waals surface area contributed by atoms with Crippen molar-refractivity contribution in [3.05, 3.63) is 15.4 Å². The van der Waals surface area contributed by atoms with Crippen LogP contribution in [0.2, 0.25) is 0 Å². The van der Waals surface area contributed by atoms with E-state index in [2.05, 4.69) is 46.5 Å². The van der Waals surface area contributed by atoms with E-state index in [1.54, 1.807) is 0 Å². The summed E-state index contributed by atoms with van der Waals surface area (Å²) in [7, 11) is -3.54. The van der Waals surface area contributed by atoms with E-state index in [9.17, 15) is 8.42 Å². The van der Waals surface area contributed by atoms with Crippen molar-refractivity contribution in [2.75, 3.05) is 9.93 Å². The summed E-state index contributed by atoms with van der Waals surface area (Å²) >= 11 is 11.3. The molecule has 0 saturated carbocycles. The average Bonchev–Trinajstić information content (AvgIpc) is 2.10. The highest BCUT2D eigenvalue weighted by Gasteiger charge is 2.12. The Hall–Kier alpha value is 0.0800. The van der Waals surface area contributed by atoms with Crippen molar-refractivity contribution >= 4 is 59.3 Å². The van der Waals surface area contributed by atoms with Gasteiger partial charge in [-0.05, 0) is 31.9 Å². The Morgan fingerprint density at radius 2 is 2.14 bits per heavy atom. The first-order valence-corrected chi connectivity index (χ1v) is 6.96. The van der Waals surface area contributed by atoms with Crippen molar-refractivity contribution in [2.45, 2.75) is 0 Å². The van der Waals surface area contributed by atoms with Crippen LogP contribution in [-0.4, -0.2) is 23.6 Å². The lowest BCUT2D eigenvalue weighted by molar-refractivity contribution is 0.605. The molecular formula is C5H4Br2ClN3O2S. The molecule has 5 nitrogen and oxygen atoms in total. The maximum absolute atomic E-state index is 11.1. The molecule has 0 atom stereocenters. The minimum atomic E-state index is -3.54. The highest BCUT2D eigenvalue weighted by molar-refractivity contribution is 9.11. The normalized spacial score (nSPS) is 11.4. The molecule has 1 rings (SSSR count). The van der Waals surface area contributed by atoms with E-state index >= 15 is 0 Å². The minimum absolute atomic E-state index is 0.105. The molecule has 0 amide bonds. The Morgan fingerprint density at radius 1 is 1.50 bits per heavy atom. The first kappa shape index (κ1) is 12.2. The first-order chi connectivity index (χ1) is 6.44. The summed E-state index contributed by atoms with van der Waals surface area (Å²) in [6.45, 7) is 0. The van der Waals surface area contributed by atoms with Crippen LogP contribution < -0.4 is 4.72 Å². The van der Waals surface area contributed by atoms with Gasteiger partial charge in [-0.1, -0.05) is 0 Å². The molecule has 78 valence electrons. The lowest BCUT2D eigenvalue weighted by Crippen LogP contribution is -2.15. The second-order valence-electron chi connectivity index (χ2n) is 2.16. The van der Waals surface area contributed by atoms with Crippen LogP contribution in [0.4, 0.5) is 5.82 Å². The lowest BCUT2D eigenvalue weighted by Gasteiger charge is -2.05. The van der Waals surface area contributed by atoms with E-state index in [1.165, 1.54) is 6.20 Å². The number of halogens is 3. The van der Waals surface area contributed by atoms with Gasteiger partial charge in [-0.2, -0.15) is 0 Å². The van der Waals surface area contributed by atoms with Gasteiger partial charge in [0.05, 0.1) is 6.20 Å². The number of hydrogen-bond donors (Lipinski definition) is 1. The fourth-order valence-electron chi connectivity index (χ4n) is 0.590. The zero-order valence-electron chi connectivity index (χ0n) is 6.54. The van der Waals surface area contributed by atoms with Crippen LogP contribution in [0.25, 0.3) is 0 Å². The average molecular weight is 365 g/mol. The van der Waals surface area contributed by atoms with Crippen molar-refractivity contribution in [1.82, 2.24) is 9.97 Å². The maximum atomic E-state index is 11.1. The Labute approximate surface area is 103 Å². The van der Waals surface area contributed by atoms with E-state index < -0.39 is 15.2 Å². The summed E-state index contributed by atoms with van der Waals surface area (Å²) in [6.07, 6.45) is 1.37. The van der Waals surface area contributed by atoms with Crippen molar-refractivity contribution in [2.24, 2.45) is 0 Å².